The number of fused-ring (bicyclic) bond motifs is 1. The molecular formula is C26H20N4O2. The summed E-state index contributed by atoms with van der Waals surface area (Å²) in [7, 11) is 0. The van der Waals surface area contributed by atoms with Gasteiger partial charge in [-0.1, -0.05) is 60.7 Å². The molecule has 2 heterocycles. The lowest BCUT2D eigenvalue weighted by atomic mass is 10.1. The lowest BCUT2D eigenvalue weighted by Crippen LogP contribution is -2.14. The monoisotopic (exact) mass is 420 g/mol. The van der Waals surface area contributed by atoms with Crippen molar-refractivity contribution >= 4 is 22.8 Å². The van der Waals surface area contributed by atoms with Crippen LogP contribution in [-0.4, -0.2) is 20.9 Å². The van der Waals surface area contributed by atoms with Gasteiger partial charge in [-0.3, -0.25) is 4.79 Å². The third-order valence-corrected chi connectivity index (χ3v) is 4.97. The van der Waals surface area contributed by atoms with Gasteiger partial charge in [-0.05, 0) is 29.8 Å². The van der Waals surface area contributed by atoms with E-state index in [2.05, 4.69) is 20.3 Å². The number of aromatic amines is 1. The van der Waals surface area contributed by atoms with Crippen molar-refractivity contribution in [2.75, 3.05) is 5.32 Å². The zero-order valence-corrected chi connectivity index (χ0v) is 17.2. The van der Waals surface area contributed by atoms with Gasteiger partial charge in [0.15, 0.2) is 11.4 Å². The van der Waals surface area contributed by atoms with Gasteiger partial charge in [0, 0.05) is 23.5 Å². The molecule has 0 unspecified atom stereocenters. The highest BCUT2D eigenvalue weighted by Crippen LogP contribution is 2.30. The molecule has 1 amide bonds. The van der Waals surface area contributed by atoms with Crippen LogP contribution in [0.15, 0.2) is 97.2 Å². The second kappa shape index (κ2) is 8.73. The Morgan fingerprint density at radius 2 is 1.59 bits per heavy atom. The highest BCUT2D eigenvalue weighted by molar-refractivity contribution is 5.92. The third-order valence-electron chi connectivity index (χ3n) is 4.97. The van der Waals surface area contributed by atoms with Gasteiger partial charge in [-0.2, -0.15) is 0 Å². The number of anilines is 1. The third kappa shape index (κ3) is 4.34. The number of pyridine rings is 1. The van der Waals surface area contributed by atoms with Gasteiger partial charge in [-0.25, -0.2) is 9.97 Å². The summed E-state index contributed by atoms with van der Waals surface area (Å²) in [5.41, 5.74) is 3.98. The summed E-state index contributed by atoms with van der Waals surface area (Å²) in [6, 6.07) is 28.6. The van der Waals surface area contributed by atoms with Crippen LogP contribution in [0.3, 0.4) is 0 Å². The van der Waals surface area contributed by atoms with Crippen molar-refractivity contribution in [2.24, 2.45) is 0 Å². The van der Waals surface area contributed by atoms with Crippen LogP contribution in [0.4, 0.5) is 5.69 Å². The Morgan fingerprint density at radius 1 is 0.875 bits per heavy atom. The molecule has 6 heteroatoms. The molecule has 0 saturated heterocycles. The zero-order chi connectivity index (χ0) is 21.8. The molecule has 156 valence electrons. The summed E-state index contributed by atoms with van der Waals surface area (Å²) in [5, 5.41) is 2.91. The van der Waals surface area contributed by atoms with E-state index in [1.54, 1.807) is 12.3 Å². The Labute approximate surface area is 184 Å². The summed E-state index contributed by atoms with van der Waals surface area (Å²) >= 11 is 0. The number of aromatic nitrogens is 3. The van der Waals surface area contributed by atoms with E-state index in [0.29, 0.717) is 29.3 Å². The minimum atomic E-state index is -0.0633. The second-order valence-corrected chi connectivity index (χ2v) is 7.30. The van der Waals surface area contributed by atoms with Crippen LogP contribution >= 0.6 is 0 Å². The first-order valence-corrected chi connectivity index (χ1v) is 10.3. The first-order chi connectivity index (χ1) is 15.7. The molecule has 0 aliphatic carbocycles. The van der Waals surface area contributed by atoms with Gasteiger partial charge >= 0.3 is 0 Å². The predicted octanol–water partition coefficient (Wildman–Crippen LogP) is 5.60. The number of imidazole rings is 1. The molecule has 0 spiro atoms. The summed E-state index contributed by atoms with van der Waals surface area (Å²) in [6.45, 7) is 0. The molecule has 0 aliphatic heterocycles. The number of benzene rings is 3. The summed E-state index contributed by atoms with van der Waals surface area (Å²) < 4.78 is 6.07. The van der Waals surface area contributed by atoms with Crippen LogP contribution in [0.1, 0.15) is 5.56 Å². The number of hydrogen-bond donors (Lipinski definition) is 2. The molecule has 0 aliphatic rings. The van der Waals surface area contributed by atoms with Crippen molar-refractivity contribution in [1.82, 2.24) is 15.0 Å². The van der Waals surface area contributed by atoms with Crippen LogP contribution in [0.5, 0.6) is 11.5 Å². The summed E-state index contributed by atoms with van der Waals surface area (Å²) in [4.78, 5) is 24.5. The molecule has 2 N–H and O–H groups in total. The van der Waals surface area contributed by atoms with Crippen molar-refractivity contribution in [2.45, 2.75) is 6.42 Å². The van der Waals surface area contributed by atoms with Crippen LogP contribution < -0.4 is 10.1 Å². The van der Waals surface area contributed by atoms with Crippen molar-refractivity contribution in [3.05, 3.63) is 103 Å². The Kier molecular flexibility index (Phi) is 5.32. The number of rotatable bonds is 6. The van der Waals surface area contributed by atoms with Crippen LogP contribution in [0, 0.1) is 0 Å². The fraction of sp³-hybridized carbons (Fsp3) is 0.0385. The number of ether oxygens (including phenoxy) is 1. The normalized spacial score (nSPS) is 10.8. The largest absolute Gasteiger partial charge is 0.455 e. The summed E-state index contributed by atoms with van der Waals surface area (Å²) in [6.07, 6.45) is 2.00. The molecule has 0 saturated carbocycles. The van der Waals surface area contributed by atoms with E-state index in [-0.39, 0.29) is 5.91 Å². The Bertz CT molecular complexity index is 1350. The van der Waals surface area contributed by atoms with Crippen molar-refractivity contribution in [3.63, 3.8) is 0 Å². The van der Waals surface area contributed by atoms with Gasteiger partial charge in [0.2, 0.25) is 5.91 Å². The molecule has 0 atom stereocenters. The lowest BCUT2D eigenvalue weighted by Gasteiger charge is -2.09. The highest BCUT2D eigenvalue weighted by atomic mass is 16.5. The maximum Gasteiger partial charge on any atom is 0.228 e. The lowest BCUT2D eigenvalue weighted by molar-refractivity contribution is -0.115. The number of carbonyl (C=O) groups is 1. The average molecular weight is 420 g/mol. The molecule has 0 radical (unpaired) electrons. The SMILES string of the molecule is O=C(Cc1ccccc1)Nc1ccc(Oc2ccnc3nc(-c4ccccc4)[nH]c23)cc1. The van der Waals surface area contributed by atoms with E-state index in [0.717, 1.165) is 22.5 Å². The number of amides is 1. The molecule has 6 nitrogen and oxygen atoms in total. The van der Waals surface area contributed by atoms with Crippen molar-refractivity contribution < 1.29 is 9.53 Å². The van der Waals surface area contributed by atoms with E-state index in [9.17, 15) is 4.79 Å². The molecular weight excluding hydrogens is 400 g/mol. The fourth-order valence-corrected chi connectivity index (χ4v) is 3.43. The fourth-order valence-electron chi connectivity index (χ4n) is 3.43. The number of nitrogens with one attached hydrogen (secondary N) is 2. The number of carbonyl (C=O) groups excluding carboxylic acids is 1. The Balaban J connectivity index is 1.30. The van der Waals surface area contributed by atoms with Gasteiger partial charge in [-0.15, -0.1) is 0 Å². The van der Waals surface area contributed by atoms with E-state index in [1.165, 1.54) is 0 Å². The summed E-state index contributed by atoms with van der Waals surface area (Å²) in [5.74, 6) is 1.95. The second-order valence-electron chi connectivity index (χ2n) is 7.30. The van der Waals surface area contributed by atoms with Crippen molar-refractivity contribution in [1.29, 1.82) is 0 Å². The highest BCUT2D eigenvalue weighted by Gasteiger charge is 2.11. The minimum Gasteiger partial charge on any atom is -0.455 e. The quantitative estimate of drug-likeness (QED) is 0.375. The van der Waals surface area contributed by atoms with Crippen molar-refractivity contribution in [3.8, 4) is 22.9 Å². The molecule has 0 bridgehead atoms. The minimum absolute atomic E-state index is 0.0633. The molecule has 3 aromatic carbocycles. The molecule has 5 rings (SSSR count). The Morgan fingerprint density at radius 3 is 2.34 bits per heavy atom. The van der Waals surface area contributed by atoms with Gasteiger partial charge in [0.25, 0.3) is 0 Å². The standard InChI is InChI=1S/C26H20N4O2/c31-23(17-18-7-3-1-4-8-18)28-20-11-13-21(14-12-20)32-22-15-16-27-26-24(22)29-25(30-26)19-9-5-2-6-10-19/h1-16H,17H2,(H,28,31)(H,27,29,30). The first kappa shape index (κ1) is 19.5. The van der Waals surface area contributed by atoms with E-state index in [4.69, 9.17) is 4.74 Å². The van der Waals surface area contributed by atoms with Crippen LogP contribution in [-0.2, 0) is 11.2 Å². The van der Waals surface area contributed by atoms with Gasteiger partial charge in [0.1, 0.15) is 17.1 Å². The van der Waals surface area contributed by atoms with Gasteiger partial charge in [0.05, 0.1) is 6.42 Å². The van der Waals surface area contributed by atoms with E-state index < -0.39 is 0 Å². The average Bonchev–Trinajstić information content (AvgIpc) is 3.27. The molecule has 32 heavy (non-hydrogen) atoms. The van der Waals surface area contributed by atoms with Gasteiger partial charge < -0.3 is 15.0 Å². The smallest absolute Gasteiger partial charge is 0.228 e. The molecule has 0 fully saturated rings. The van der Waals surface area contributed by atoms with E-state index in [1.807, 2.05) is 84.9 Å². The van der Waals surface area contributed by atoms with E-state index >= 15 is 0 Å². The molecule has 2 aromatic heterocycles. The van der Waals surface area contributed by atoms with Crippen LogP contribution in [0.2, 0.25) is 0 Å². The topological polar surface area (TPSA) is 79.9 Å². The predicted molar refractivity (Wildman–Crippen MR) is 125 cm³/mol. The number of H-pyrrole nitrogens is 1. The number of nitrogens with zero attached hydrogens (tertiary/aromatic N) is 2. The maximum absolute atomic E-state index is 12.3. The Hall–Kier alpha value is -4.45. The number of hydrogen-bond acceptors (Lipinski definition) is 4. The first-order valence-electron chi connectivity index (χ1n) is 10.3. The zero-order valence-electron chi connectivity index (χ0n) is 17.2. The maximum atomic E-state index is 12.3. The van der Waals surface area contributed by atoms with Crippen LogP contribution in [0.25, 0.3) is 22.6 Å². The molecule has 5 aromatic rings.